The Labute approximate surface area is 137 Å². The Morgan fingerprint density at radius 3 is 2.87 bits per heavy atom. The maximum Gasteiger partial charge on any atom is 0.232 e. The number of rotatable bonds is 6. The summed E-state index contributed by atoms with van der Waals surface area (Å²) in [4.78, 5) is 16.4. The second-order valence-electron chi connectivity index (χ2n) is 4.99. The SMILES string of the molecule is CCCc1nnc(NC(=O)Cc2coc(-c3ccccc3)n2)s1. The number of hydrogen-bond donors (Lipinski definition) is 1. The highest BCUT2D eigenvalue weighted by atomic mass is 32.1. The zero-order chi connectivity index (χ0) is 16.1. The minimum Gasteiger partial charge on any atom is -0.444 e. The van der Waals surface area contributed by atoms with Gasteiger partial charge in [0.05, 0.1) is 12.1 Å². The summed E-state index contributed by atoms with van der Waals surface area (Å²) in [6, 6.07) is 9.57. The minimum atomic E-state index is -0.183. The number of aromatic nitrogens is 3. The highest BCUT2D eigenvalue weighted by Gasteiger charge is 2.12. The Hall–Kier alpha value is -2.54. The maximum absolute atomic E-state index is 12.0. The first kappa shape index (κ1) is 15.4. The van der Waals surface area contributed by atoms with E-state index in [1.807, 2.05) is 30.3 Å². The average molecular weight is 328 g/mol. The molecule has 23 heavy (non-hydrogen) atoms. The molecule has 0 unspecified atom stereocenters. The molecule has 1 aromatic carbocycles. The van der Waals surface area contributed by atoms with Crippen LogP contribution in [0.15, 0.2) is 41.0 Å². The fourth-order valence-corrected chi connectivity index (χ4v) is 2.91. The Morgan fingerprint density at radius 2 is 2.09 bits per heavy atom. The number of hydrogen-bond acceptors (Lipinski definition) is 6. The van der Waals surface area contributed by atoms with Crippen LogP contribution in [0, 0.1) is 0 Å². The Kier molecular flexibility index (Phi) is 4.77. The third kappa shape index (κ3) is 4.01. The van der Waals surface area contributed by atoms with E-state index in [4.69, 9.17) is 4.42 Å². The molecule has 2 aromatic heterocycles. The number of carbonyl (C=O) groups excluding carboxylic acids is 1. The molecule has 1 amide bonds. The Morgan fingerprint density at radius 1 is 1.26 bits per heavy atom. The maximum atomic E-state index is 12.0. The summed E-state index contributed by atoms with van der Waals surface area (Å²) in [6.45, 7) is 2.08. The summed E-state index contributed by atoms with van der Waals surface area (Å²) in [5, 5.41) is 12.2. The standard InChI is InChI=1S/C16H16N4O2S/c1-2-6-14-19-20-16(23-14)18-13(21)9-12-10-22-15(17-12)11-7-4-3-5-8-11/h3-5,7-8,10H,2,6,9H2,1H3,(H,18,20,21). The van der Waals surface area contributed by atoms with Crippen molar-refractivity contribution in [3.63, 3.8) is 0 Å². The molecule has 0 atom stereocenters. The fraction of sp³-hybridized carbons (Fsp3) is 0.250. The van der Waals surface area contributed by atoms with Crippen LogP contribution in [0.5, 0.6) is 0 Å². The number of benzene rings is 1. The van der Waals surface area contributed by atoms with Gasteiger partial charge < -0.3 is 9.73 Å². The first-order valence-corrected chi connectivity index (χ1v) is 8.18. The van der Waals surface area contributed by atoms with Crippen LogP contribution in [-0.4, -0.2) is 21.1 Å². The van der Waals surface area contributed by atoms with E-state index in [0.717, 1.165) is 23.4 Å². The van der Waals surface area contributed by atoms with Crippen molar-refractivity contribution in [2.75, 3.05) is 5.32 Å². The number of aryl methyl sites for hydroxylation is 1. The number of carbonyl (C=O) groups is 1. The van der Waals surface area contributed by atoms with E-state index in [-0.39, 0.29) is 12.3 Å². The first-order valence-electron chi connectivity index (χ1n) is 7.36. The number of amides is 1. The highest BCUT2D eigenvalue weighted by molar-refractivity contribution is 7.15. The van der Waals surface area contributed by atoms with Crippen molar-refractivity contribution in [3.8, 4) is 11.5 Å². The lowest BCUT2D eigenvalue weighted by Crippen LogP contribution is -2.14. The monoisotopic (exact) mass is 328 g/mol. The smallest absolute Gasteiger partial charge is 0.232 e. The molecule has 0 fully saturated rings. The Balaban J connectivity index is 1.60. The quantitative estimate of drug-likeness (QED) is 0.750. The van der Waals surface area contributed by atoms with Crippen LogP contribution in [0.3, 0.4) is 0 Å². The van der Waals surface area contributed by atoms with Gasteiger partial charge in [-0.1, -0.05) is 36.5 Å². The lowest BCUT2D eigenvalue weighted by Gasteiger charge is -1.97. The van der Waals surface area contributed by atoms with Gasteiger partial charge in [-0.2, -0.15) is 0 Å². The molecule has 0 bridgehead atoms. The Bertz CT molecular complexity index is 782. The molecule has 0 saturated heterocycles. The van der Waals surface area contributed by atoms with E-state index in [9.17, 15) is 4.79 Å². The molecule has 0 aliphatic carbocycles. The molecule has 2 heterocycles. The molecular weight excluding hydrogens is 312 g/mol. The number of anilines is 1. The van der Waals surface area contributed by atoms with Gasteiger partial charge in [-0.05, 0) is 18.6 Å². The molecule has 6 nitrogen and oxygen atoms in total. The molecule has 1 N–H and O–H groups in total. The van der Waals surface area contributed by atoms with Gasteiger partial charge in [0.2, 0.25) is 16.9 Å². The van der Waals surface area contributed by atoms with Crippen LogP contribution in [0.2, 0.25) is 0 Å². The van der Waals surface area contributed by atoms with Gasteiger partial charge in [0.25, 0.3) is 0 Å². The number of nitrogens with zero attached hydrogens (tertiary/aromatic N) is 3. The van der Waals surface area contributed by atoms with E-state index >= 15 is 0 Å². The topological polar surface area (TPSA) is 80.9 Å². The molecule has 7 heteroatoms. The lowest BCUT2D eigenvalue weighted by atomic mass is 10.2. The highest BCUT2D eigenvalue weighted by Crippen LogP contribution is 2.19. The summed E-state index contributed by atoms with van der Waals surface area (Å²) < 4.78 is 5.42. The van der Waals surface area contributed by atoms with Gasteiger partial charge in [0, 0.05) is 12.0 Å². The van der Waals surface area contributed by atoms with E-state index in [1.165, 1.54) is 17.6 Å². The normalized spacial score (nSPS) is 10.7. The zero-order valence-corrected chi connectivity index (χ0v) is 13.5. The molecule has 118 valence electrons. The van der Waals surface area contributed by atoms with Crippen LogP contribution < -0.4 is 5.32 Å². The minimum absolute atomic E-state index is 0.138. The van der Waals surface area contributed by atoms with Crippen LogP contribution >= 0.6 is 11.3 Å². The van der Waals surface area contributed by atoms with Crippen LogP contribution in [-0.2, 0) is 17.6 Å². The zero-order valence-electron chi connectivity index (χ0n) is 12.7. The summed E-state index contributed by atoms with van der Waals surface area (Å²) >= 11 is 1.40. The van der Waals surface area contributed by atoms with Crippen molar-refractivity contribution in [2.24, 2.45) is 0 Å². The van der Waals surface area contributed by atoms with E-state index in [1.54, 1.807) is 0 Å². The largest absolute Gasteiger partial charge is 0.444 e. The van der Waals surface area contributed by atoms with Gasteiger partial charge >= 0.3 is 0 Å². The molecule has 0 radical (unpaired) electrons. The molecule has 0 spiro atoms. The number of oxazole rings is 1. The van der Waals surface area contributed by atoms with Gasteiger partial charge in [0.15, 0.2) is 0 Å². The summed E-state index contributed by atoms with van der Waals surface area (Å²) in [7, 11) is 0. The van der Waals surface area contributed by atoms with Crippen molar-refractivity contribution in [1.82, 2.24) is 15.2 Å². The third-order valence-electron chi connectivity index (χ3n) is 3.09. The molecular formula is C16H16N4O2S. The van der Waals surface area contributed by atoms with Crippen molar-refractivity contribution < 1.29 is 9.21 Å². The van der Waals surface area contributed by atoms with Crippen LogP contribution in [0.25, 0.3) is 11.5 Å². The third-order valence-corrected chi connectivity index (χ3v) is 3.99. The van der Waals surface area contributed by atoms with Crippen LogP contribution in [0.4, 0.5) is 5.13 Å². The predicted octanol–water partition coefficient (Wildman–Crippen LogP) is 3.33. The first-order chi connectivity index (χ1) is 11.2. The molecule has 0 aliphatic heterocycles. The van der Waals surface area contributed by atoms with Crippen molar-refractivity contribution in [1.29, 1.82) is 0 Å². The van der Waals surface area contributed by atoms with Crippen molar-refractivity contribution in [3.05, 3.63) is 47.3 Å². The number of nitrogens with one attached hydrogen (secondary N) is 1. The van der Waals surface area contributed by atoms with E-state index < -0.39 is 0 Å². The second kappa shape index (κ2) is 7.15. The summed E-state index contributed by atoms with van der Waals surface area (Å²) in [5.74, 6) is 0.326. The van der Waals surface area contributed by atoms with E-state index in [2.05, 4.69) is 27.4 Å². The van der Waals surface area contributed by atoms with Crippen molar-refractivity contribution in [2.45, 2.75) is 26.2 Å². The summed E-state index contributed by atoms with van der Waals surface area (Å²) in [6.07, 6.45) is 3.52. The van der Waals surface area contributed by atoms with Gasteiger partial charge in [-0.15, -0.1) is 10.2 Å². The van der Waals surface area contributed by atoms with Gasteiger partial charge in [-0.3, -0.25) is 4.79 Å². The van der Waals surface area contributed by atoms with Gasteiger partial charge in [-0.25, -0.2) is 4.98 Å². The summed E-state index contributed by atoms with van der Waals surface area (Å²) in [5.41, 5.74) is 1.46. The average Bonchev–Trinajstić information content (AvgIpc) is 3.18. The van der Waals surface area contributed by atoms with E-state index in [0.29, 0.717) is 16.7 Å². The van der Waals surface area contributed by atoms with Crippen LogP contribution in [0.1, 0.15) is 24.0 Å². The molecule has 3 aromatic rings. The molecule has 0 aliphatic rings. The van der Waals surface area contributed by atoms with Gasteiger partial charge in [0.1, 0.15) is 11.3 Å². The molecule has 0 saturated carbocycles. The predicted molar refractivity (Wildman–Crippen MR) is 88.2 cm³/mol. The van der Waals surface area contributed by atoms with Crippen molar-refractivity contribution >= 4 is 22.4 Å². The lowest BCUT2D eigenvalue weighted by molar-refractivity contribution is -0.115. The second-order valence-corrected chi connectivity index (χ2v) is 6.05. The fourth-order valence-electron chi connectivity index (χ4n) is 2.05. The molecule has 3 rings (SSSR count).